The standard InChI is InChI=1S/C21H19N5/c22-16-8-9-20-18(13-16)21(26-14-25-20)24-12-10-15-5-1-2-6-17(15)19-7-3-4-11-23-19/h1-9,11,13-14H,10,12,22H2,(H,24,25,26). The molecule has 0 unspecified atom stereocenters. The van der Waals surface area contributed by atoms with Gasteiger partial charge in [-0.3, -0.25) is 4.98 Å². The lowest BCUT2D eigenvalue weighted by molar-refractivity contribution is 1.01. The Labute approximate surface area is 152 Å². The normalized spacial score (nSPS) is 10.8. The average molecular weight is 341 g/mol. The predicted octanol–water partition coefficient (Wildman–Crippen LogP) is 3.93. The number of benzene rings is 2. The first-order chi connectivity index (χ1) is 12.8. The zero-order valence-electron chi connectivity index (χ0n) is 14.3. The van der Waals surface area contributed by atoms with Crippen LogP contribution in [0, 0.1) is 0 Å². The third-order valence-electron chi connectivity index (χ3n) is 4.30. The van der Waals surface area contributed by atoms with Crippen LogP contribution in [0.15, 0.2) is 73.2 Å². The van der Waals surface area contributed by atoms with E-state index in [2.05, 4.69) is 38.5 Å². The molecule has 2 aromatic heterocycles. The maximum Gasteiger partial charge on any atom is 0.137 e. The van der Waals surface area contributed by atoms with Gasteiger partial charge in [0.05, 0.1) is 11.2 Å². The number of hydrogen-bond acceptors (Lipinski definition) is 5. The highest BCUT2D eigenvalue weighted by Crippen LogP contribution is 2.23. The van der Waals surface area contributed by atoms with E-state index in [1.54, 1.807) is 6.33 Å². The molecule has 0 bridgehead atoms. The van der Waals surface area contributed by atoms with Gasteiger partial charge in [-0.1, -0.05) is 30.3 Å². The third kappa shape index (κ3) is 3.32. The van der Waals surface area contributed by atoms with Crippen LogP contribution in [-0.2, 0) is 6.42 Å². The summed E-state index contributed by atoms with van der Waals surface area (Å²) in [5, 5.41) is 4.35. The minimum atomic E-state index is 0.704. The summed E-state index contributed by atoms with van der Waals surface area (Å²) in [4.78, 5) is 13.1. The van der Waals surface area contributed by atoms with Crippen LogP contribution in [0.5, 0.6) is 0 Å². The van der Waals surface area contributed by atoms with Gasteiger partial charge in [0, 0.05) is 29.4 Å². The summed E-state index contributed by atoms with van der Waals surface area (Å²) < 4.78 is 0. The largest absolute Gasteiger partial charge is 0.399 e. The number of nitrogens with one attached hydrogen (secondary N) is 1. The fraction of sp³-hybridized carbons (Fsp3) is 0.0952. The first-order valence-corrected chi connectivity index (χ1v) is 8.55. The van der Waals surface area contributed by atoms with Gasteiger partial charge in [-0.05, 0) is 42.3 Å². The van der Waals surface area contributed by atoms with Crippen molar-refractivity contribution >= 4 is 22.4 Å². The van der Waals surface area contributed by atoms with Gasteiger partial charge in [-0.25, -0.2) is 9.97 Å². The van der Waals surface area contributed by atoms with Gasteiger partial charge in [-0.2, -0.15) is 0 Å². The van der Waals surface area contributed by atoms with Crippen LogP contribution < -0.4 is 11.1 Å². The van der Waals surface area contributed by atoms with Crippen molar-refractivity contribution in [3.63, 3.8) is 0 Å². The van der Waals surface area contributed by atoms with Gasteiger partial charge in [0.25, 0.3) is 0 Å². The molecular weight excluding hydrogens is 322 g/mol. The molecule has 0 radical (unpaired) electrons. The summed E-state index contributed by atoms with van der Waals surface area (Å²) in [7, 11) is 0. The van der Waals surface area contributed by atoms with E-state index in [1.807, 2.05) is 48.7 Å². The van der Waals surface area contributed by atoms with Crippen molar-refractivity contribution in [3.8, 4) is 11.3 Å². The minimum absolute atomic E-state index is 0.704. The summed E-state index contributed by atoms with van der Waals surface area (Å²) in [6, 6.07) is 20.0. The van der Waals surface area contributed by atoms with E-state index >= 15 is 0 Å². The Morgan fingerprint density at radius 1 is 0.885 bits per heavy atom. The molecule has 0 atom stereocenters. The number of pyridine rings is 1. The van der Waals surface area contributed by atoms with E-state index in [9.17, 15) is 0 Å². The molecule has 0 aliphatic carbocycles. The second-order valence-electron chi connectivity index (χ2n) is 6.05. The number of fused-ring (bicyclic) bond motifs is 1. The highest BCUT2D eigenvalue weighted by atomic mass is 15.0. The predicted molar refractivity (Wildman–Crippen MR) is 106 cm³/mol. The van der Waals surface area contributed by atoms with Crippen molar-refractivity contribution in [2.45, 2.75) is 6.42 Å². The maximum atomic E-state index is 5.91. The molecule has 5 heteroatoms. The Morgan fingerprint density at radius 3 is 2.65 bits per heavy atom. The third-order valence-corrected chi connectivity index (χ3v) is 4.30. The molecule has 4 aromatic rings. The van der Waals surface area contributed by atoms with Crippen molar-refractivity contribution in [2.24, 2.45) is 0 Å². The Morgan fingerprint density at radius 2 is 1.77 bits per heavy atom. The van der Waals surface area contributed by atoms with E-state index in [0.717, 1.165) is 40.9 Å². The van der Waals surface area contributed by atoms with Gasteiger partial charge in [0.2, 0.25) is 0 Å². The number of rotatable bonds is 5. The van der Waals surface area contributed by atoms with Crippen molar-refractivity contribution in [3.05, 3.63) is 78.8 Å². The molecule has 2 heterocycles. The van der Waals surface area contributed by atoms with Gasteiger partial charge in [0.1, 0.15) is 12.1 Å². The molecule has 26 heavy (non-hydrogen) atoms. The van der Waals surface area contributed by atoms with Crippen LogP contribution in [0.25, 0.3) is 22.2 Å². The van der Waals surface area contributed by atoms with E-state index in [0.29, 0.717) is 5.69 Å². The first-order valence-electron chi connectivity index (χ1n) is 8.55. The van der Waals surface area contributed by atoms with Crippen molar-refractivity contribution in [2.75, 3.05) is 17.6 Å². The van der Waals surface area contributed by atoms with Crippen LogP contribution in [0.2, 0.25) is 0 Å². The maximum absolute atomic E-state index is 5.91. The Bertz CT molecular complexity index is 1030. The summed E-state index contributed by atoms with van der Waals surface area (Å²) in [6.45, 7) is 0.755. The highest BCUT2D eigenvalue weighted by molar-refractivity contribution is 5.91. The quantitative estimate of drug-likeness (QED) is 0.538. The second-order valence-corrected chi connectivity index (χ2v) is 6.05. The average Bonchev–Trinajstić information content (AvgIpc) is 2.69. The Kier molecular flexibility index (Phi) is 4.43. The molecule has 0 amide bonds. The number of aromatic nitrogens is 3. The smallest absolute Gasteiger partial charge is 0.137 e. The van der Waals surface area contributed by atoms with Gasteiger partial charge in [-0.15, -0.1) is 0 Å². The fourth-order valence-electron chi connectivity index (χ4n) is 3.04. The van der Waals surface area contributed by atoms with Gasteiger partial charge in [0.15, 0.2) is 0 Å². The van der Waals surface area contributed by atoms with Crippen LogP contribution in [0.1, 0.15) is 5.56 Å². The molecule has 4 rings (SSSR count). The Balaban J connectivity index is 1.54. The van der Waals surface area contributed by atoms with E-state index in [1.165, 1.54) is 5.56 Å². The van der Waals surface area contributed by atoms with Gasteiger partial charge < -0.3 is 11.1 Å². The van der Waals surface area contributed by atoms with Crippen molar-refractivity contribution < 1.29 is 0 Å². The fourth-order valence-corrected chi connectivity index (χ4v) is 3.04. The molecule has 0 fully saturated rings. The van der Waals surface area contributed by atoms with E-state index < -0.39 is 0 Å². The highest BCUT2D eigenvalue weighted by Gasteiger charge is 2.07. The molecular formula is C21H19N5. The van der Waals surface area contributed by atoms with Crippen LogP contribution in [0.3, 0.4) is 0 Å². The van der Waals surface area contributed by atoms with Crippen LogP contribution in [-0.4, -0.2) is 21.5 Å². The lowest BCUT2D eigenvalue weighted by atomic mass is 10.0. The lowest BCUT2D eigenvalue weighted by Crippen LogP contribution is -2.08. The van der Waals surface area contributed by atoms with E-state index in [-0.39, 0.29) is 0 Å². The number of hydrogen-bond donors (Lipinski definition) is 2. The van der Waals surface area contributed by atoms with Gasteiger partial charge >= 0.3 is 0 Å². The van der Waals surface area contributed by atoms with E-state index in [4.69, 9.17) is 5.73 Å². The summed E-state index contributed by atoms with van der Waals surface area (Å²) >= 11 is 0. The number of nitrogen functional groups attached to an aromatic ring is 1. The Hall–Kier alpha value is -3.47. The molecule has 3 N–H and O–H groups in total. The molecule has 0 aliphatic rings. The van der Waals surface area contributed by atoms with Crippen LogP contribution >= 0.6 is 0 Å². The van der Waals surface area contributed by atoms with Crippen molar-refractivity contribution in [1.29, 1.82) is 0 Å². The zero-order chi connectivity index (χ0) is 17.8. The summed E-state index contributed by atoms with van der Waals surface area (Å²) in [5.41, 5.74) is 10.9. The SMILES string of the molecule is Nc1ccc2ncnc(NCCc3ccccc3-c3ccccn3)c2c1. The number of anilines is 2. The molecule has 0 aliphatic heterocycles. The number of nitrogens with zero attached hydrogens (tertiary/aromatic N) is 3. The van der Waals surface area contributed by atoms with Crippen LogP contribution in [0.4, 0.5) is 11.5 Å². The lowest BCUT2D eigenvalue weighted by Gasteiger charge is -2.11. The minimum Gasteiger partial charge on any atom is -0.399 e. The molecule has 128 valence electrons. The molecule has 0 saturated carbocycles. The molecule has 0 saturated heterocycles. The second kappa shape index (κ2) is 7.19. The topological polar surface area (TPSA) is 76.7 Å². The first kappa shape index (κ1) is 16.0. The molecule has 5 nitrogen and oxygen atoms in total. The molecule has 0 spiro atoms. The zero-order valence-corrected chi connectivity index (χ0v) is 14.3. The summed E-state index contributed by atoms with van der Waals surface area (Å²) in [5.74, 6) is 0.803. The molecule has 2 aromatic carbocycles. The van der Waals surface area contributed by atoms with Crippen molar-refractivity contribution in [1.82, 2.24) is 15.0 Å². The monoisotopic (exact) mass is 341 g/mol. The summed E-state index contributed by atoms with van der Waals surface area (Å²) in [6.07, 6.45) is 4.26. The number of nitrogens with two attached hydrogens (primary N) is 1.